The van der Waals surface area contributed by atoms with E-state index in [9.17, 15) is 0 Å². The molecule has 3 aliphatic rings. The van der Waals surface area contributed by atoms with Gasteiger partial charge in [-0.15, -0.1) is 0 Å². The van der Waals surface area contributed by atoms with Crippen LogP contribution in [-0.4, -0.2) is 0 Å². The van der Waals surface area contributed by atoms with Crippen molar-refractivity contribution in [2.45, 2.75) is 24.7 Å². The summed E-state index contributed by atoms with van der Waals surface area (Å²) in [5, 5.41) is 4.30. The Morgan fingerprint density at radius 2 is 0.896 bits per heavy atom. The van der Waals surface area contributed by atoms with E-state index >= 15 is 0 Å². The summed E-state index contributed by atoms with van der Waals surface area (Å²) in [5.41, 5.74) is 23.8. The molecular formula is C64H41NO2. The minimum absolute atomic E-state index is 0.192. The third-order valence-corrected chi connectivity index (χ3v) is 15.5. The highest BCUT2D eigenvalue weighted by molar-refractivity contribution is 6.27. The largest absolute Gasteiger partial charge is 0.456 e. The first kappa shape index (κ1) is 36.9. The number of furan rings is 2. The molecule has 15 rings (SSSR count). The van der Waals surface area contributed by atoms with Crippen LogP contribution in [0.2, 0.25) is 0 Å². The van der Waals surface area contributed by atoms with Crippen LogP contribution in [0.25, 0.3) is 88.4 Å². The zero-order valence-electron chi connectivity index (χ0n) is 37.0. The van der Waals surface area contributed by atoms with Gasteiger partial charge in [-0.05, 0) is 133 Å². The summed E-state index contributed by atoms with van der Waals surface area (Å²) in [4.78, 5) is 2.46. The van der Waals surface area contributed by atoms with Crippen molar-refractivity contribution in [3.63, 3.8) is 0 Å². The average molecular weight is 856 g/mol. The van der Waals surface area contributed by atoms with E-state index < -0.39 is 5.41 Å². The van der Waals surface area contributed by atoms with Crippen molar-refractivity contribution in [2.24, 2.45) is 0 Å². The van der Waals surface area contributed by atoms with Gasteiger partial charge in [0.05, 0.1) is 11.1 Å². The Morgan fingerprint density at radius 1 is 0.358 bits per heavy atom. The molecule has 0 aliphatic heterocycles. The molecule has 0 amide bonds. The number of rotatable bonds is 4. The summed E-state index contributed by atoms with van der Waals surface area (Å²) in [6.07, 6.45) is 0. The molecule has 314 valence electrons. The van der Waals surface area contributed by atoms with Gasteiger partial charge < -0.3 is 13.7 Å². The summed E-state index contributed by atoms with van der Waals surface area (Å²) in [6, 6.07) is 78.2. The van der Waals surface area contributed by atoms with Gasteiger partial charge in [0.25, 0.3) is 0 Å². The molecule has 0 radical (unpaired) electrons. The van der Waals surface area contributed by atoms with Crippen molar-refractivity contribution < 1.29 is 8.83 Å². The normalized spacial score (nSPS) is 14.4. The number of nitrogens with zero attached hydrogens (tertiary/aromatic N) is 1. The van der Waals surface area contributed by atoms with Crippen molar-refractivity contribution in [3.8, 4) is 44.5 Å². The van der Waals surface area contributed by atoms with E-state index in [1.807, 2.05) is 6.07 Å². The second kappa shape index (κ2) is 13.1. The van der Waals surface area contributed by atoms with Gasteiger partial charge in [-0.2, -0.15) is 0 Å². The SMILES string of the molecule is CC1(C)c2ccccc2-c2ccc(-c3c(N(c4ccccc4)c4ccc5c(c4)C4(c6ccccc6-c6ccccc64)c4ccccc4-5)ccc4c3oc3ccc5oc6ccccc6c5c34)cc21. The molecule has 0 N–H and O–H groups in total. The Kier molecular flexibility index (Phi) is 7.22. The van der Waals surface area contributed by atoms with Crippen molar-refractivity contribution in [2.75, 3.05) is 4.90 Å². The molecule has 3 aliphatic carbocycles. The van der Waals surface area contributed by atoms with Crippen molar-refractivity contribution in [1.82, 2.24) is 0 Å². The van der Waals surface area contributed by atoms with Gasteiger partial charge >= 0.3 is 0 Å². The van der Waals surface area contributed by atoms with Crippen LogP contribution in [0.1, 0.15) is 47.2 Å². The van der Waals surface area contributed by atoms with Crippen molar-refractivity contribution in [3.05, 3.63) is 246 Å². The predicted octanol–water partition coefficient (Wildman–Crippen LogP) is 17.3. The Hall–Kier alpha value is -8.40. The standard InChI is InChI=1S/C64H41NO2/c1-63(2)49-23-11-6-18-41(49)45-30-28-38(36-53(45)63)59-55(33-32-48-61-58(67-62(48)59)35-34-57-60(61)47-22-10-15-27-56(47)66-57)65(39-16-4-3-5-17-39)40-29-31-46-44-21-9-14-26-52(44)64(54(46)37-40)50-24-12-7-19-42(50)43-20-8-13-25-51(43)64/h3-37H,1-2H3. The first-order valence-electron chi connectivity index (χ1n) is 23.3. The number of hydrogen-bond donors (Lipinski definition) is 0. The van der Waals surface area contributed by atoms with E-state index in [1.54, 1.807) is 0 Å². The first-order valence-corrected chi connectivity index (χ1v) is 23.3. The summed E-state index contributed by atoms with van der Waals surface area (Å²) < 4.78 is 13.7. The number of anilines is 3. The Morgan fingerprint density at radius 3 is 1.60 bits per heavy atom. The number of para-hydroxylation sites is 2. The molecule has 2 heterocycles. The predicted molar refractivity (Wildman–Crippen MR) is 275 cm³/mol. The molecule has 0 atom stereocenters. The molecule has 0 unspecified atom stereocenters. The number of fused-ring (bicyclic) bond motifs is 20. The van der Waals surface area contributed by atoms with Crippen LogP contribution >= 0.6 is 0 Å². The fourth-order valence-electron chi connectivity index (χ4n) is 12.7. The van der Waals surface area contributed by atoms with E-state index in [2.05, 4.69) is 225 Å². The maximum Gasteiger partial charge on any atom is 0.145 e. The van der Waals surface area contributed by atoms with E-state index in [-0.39, 0.29) is 5.41 Å². The second-order valence-electron chi connectivity index (χ2n) is 19.1. The van der Waals surface area contributed by atoms with E-state index in [0.29, 0.717) is 0 Å². The summed E-state index contributed by atoms with van der Waals surface area (Å²) in [6.45, 7) is 4.72. The van der Waals surface area contributed by atoms with Crippen LogP contribution in [0, 0.1) is 0 Å². The molecule has 2 aromatic heterocycles. The quantitative estimate of drug-likeness (QED) is 0.177. The fourth-order valence-corrected chi connectivity index (χ4v) is 12.7. The number of benzene rings is 10. The minimum atomic E-state index is -0.484. The van der Waals surface area contributed by atoms with Gasteiger partial charge in [0.2, 0.25) is 0 Å². The average Bonchev–Trinajstić information content (AvgIpc) is 4.15. The van der Waals surface area contributed by atoms with Crippen molar-refractivity contribution >= 4 is 60.9 Å². The van der Waals surface area contributed by atoms with Gasteiger partial charge in [-0.3, -0.25) is 0 Å². The lowest BCUT2D eigenvalue weighted by molar-refractivity contribution is 0.660. The maximum atomic E-state index is 7.26. The molecule has 67 heavy (non-hydrogen) atoms. The van der Waals surface area contributed by atoms with Crippen LogP contribution in [-0.2, 0) is 10.8 Å². The molecule has 12 aromatic rings. The molecule has 1 spiro atoms. The topological polar surface area (TPSA) is 29.5 Å². The van der Waals surface area contributed by atoms with Gasteiger partial charge in [0.1, 0.15) is 22.3 Å². The fraction of sp³-hybridized carbons (Fsp3) is 0.0625. The lowest BCUT2D eigenvalue weighted by Crippen LogP contribution is -2.26. The second-order valence-corrected chi connectivity index (χ2v) is 19.1. The highest BCUT2D eigenvalue weighted by Crippen LogP contribution is 2.64. The van der Waals surface area contributed by atoms with E-state index in [0.717, 1.165) is 72.1 Å². The molecule has 0 saturated carbocycles. The molecule has 0 saturated heterocycles. The first-order chi connectivity index (χ1) is 33.0. The maximum absolute atomic E-state index is 7.26. The molecule has 3 nitrogen and oxygen atoms in total. The monoisotopic (exact) mass is 855 g/mol. The summed E-state index contributed by atoms with van der Waals surface area (Å²) in [5.74, 6) is 0. The van der Waals surface area contributed by atoms with Gasteiger partial charge in [0, 0.05) is 43.9 Å². The third-order valence-electron chi connectivity index (χ3n) is 15.5. The van der Waals surface area contributed by atoms with Gasteiger partial charge in [-0.1, -0.05) is 166 Å². The zero-order chi connectivity index (χ0) is 44.2. The Labute approximate surface area is 387 Å². The molecule has 10 aromatic carbocycles. The van der Waals surface area contributed by atoms with E-state index in [1.165, 1.54) is 66.8 Å². The minimum Gasteiger partial charge on any atom is -0.456 e. The lowest BCUT2D eigenvalue weighted by Gasteiger charge is -2.32. The molecule has 0 bridgehead atoms. The van der Waals surface area contributed by atoms with E-state index in [4.69, 9.17) is 8.83 Å². The highest BCUT2D eigenvalue weighted by Gasteiger charge is 2.51. The third kappa shape index (κ3) is 4.70. The van der Waals surface area contributed by atoms with Gasteiger partial charge in [-0.25, -0.2) is 0 Å². The Balaban J connectivity index is 1.04. The summed E-state index contributed by atoms with van der Waals surface area (Å²) >= 11 is 0. The zero-order valence-corrected chi connectivity index (χ0v) is 37.0. The molecule has 3 heteroatoms. The smallest absolute Gasteiger partial charge is 0.145 e. The summed E-state index contributed by atoms with van der Waals surface area (Å²) in [7, 11) is 0. The molecular weight excluding hydrogens is 815 g/mol. The lowest BCUT2D eigenvalue weighted by atomic mass is 9.70. The highest BCUT2D eigenvalue weighted by atomic mass is 16.3. The number of hydrogen-bond acceptors (Lipinski definition) is 3. The Bertz CT molecular complexity index is 4030. The van der Waals surface area contributed by atoms with Crippen LogP contribution in [0.5, 0.6) is 0 Å². The van der Waals surface area contributed by atoms with Gasteiger partial charge in [0.15, 0.2) is 0 Å². The molecule has 0 fully saturated rings. The van der Waals surface area contributed by atoms with Crippen LogP contribution < -0.4 is 4.90 Å². The van der Waals surface area contributed by atoms with Crippen molar-refractivity contribution in [1.29, 1.82) is 0 Å². The van der Waals surface area contributed by atoms with Crippen LogP contribution in [0.15, 0.2) is 221 Å². The van der Waals surface area contributed by atoms with Crippen LogP contribution in [0.4, 0.5) is 17.1 Å². The van der Waals surface area contributed by atoms with Crippen LogP contribution in [0.3, 0.4) is 0 Å².